The van der Waals surface area contributed by atoms with Gasteiger partial charge in [-0.15, -0.1) is 0 Å². The van der Waals surface area contributed by atoms with Crippen molar-refractivity contribution in [3.05, 3.63) is 47.4 Å². The summed E-state index contributed by atoms with van der Waals surface area (Å²) in [6, 6.07) is 2.64. The van der Waals surface area contributed by atoms with Crippen LogP contribution in [0.5, 0.6) is 5.75 Å². The molecule has 2 fully saturated rings. The molecule has 2 N–H and O–H groups in total. The number of nitrogens with one attached hydrogen (secondary N) is 2. The molecule has 4 aliphatic rings. The quantitative estimate of drug-likeness (QED) is 0.428. The van der Waals surface area contributed by atoms with Crippen molar-refractivity contribution in [3.8, 4) is 5.75 Å². The highest BCUT2D eigenvalue weighted by Crippen LogP contribution is 2.48. The number of amides is 3. The van der Waals surface area contributed by atoms with E-state index in [9.17, 15) is 23.6 Å². The number of ketones is 1. The highest BCUT2D eigenvalue weighted by atomic mass is 19.1. The van der Waals surface area contributed by atoms with Gasteiger partial charge >= 0.3 is 6.09 Å². The molecule has 1 saturated carbocycles. The standard InChI is InChI=1S/C36H45FN4O6/c1-21-30-25(26-17-24(37)13-14-27(26)38-21)15-16-35(46-30)19-29-31(43)40-36(22(2)42)18-23(36)11-9-7-6-8-10-12-28(32(44)41(29)20-35)39-33(45)47-34(3,4)5/h9,11,13-14,17,23,28-29H,6-8,10,12,15-16,18-20H2,1-5H3,(H,39,45)(H,40,43). The smallest absolute Gasteiger partial charge is 0.408 e. The average molecular weight is 649 g/mol. The maximum absolute atomic E-state index is 14.5. The zero-order valence-electron chi connectivity index (χ0n) is 27.9. The van der Waals surface area contributed by atoms with Crippen LogP contribution >= 0.6 is 0 Å². The van der Waals surface area contributed by atoms with E-state index < -0.39 is 46.7 Å². The fraction of sp³-hybridized carbons (Fsp3) is 0.583. The van der Waals surface area contributed by atoms with Crippen LogP contribution in [0.2, 0.25) is 0 Å². The van der Waals surface area contributed by atoms with E-state index in [1.54, 1.807) is 26.8 Å². The van der Waals surface area contributed by atoms with Crippen molar-refractivity contribution in [1.82, 2.24) is 20.5 Å². The SMILES string of the molecule is CC(=O)C12CC1C=CCCCCCC(NC(=O)OC(C)(C)C)C(=O)N1CC3(CCc4c(c(C)nc5ccc(F)cc45)O3)CC1C(=O)N2. The molecule has 2 aromatic rings. The molecule has 3 aliphatic heterocycles. The molecule has 3 amide bonds. The summed E-state index contributed by atoms with van der Waals surface area (Å²) < 4.78 is 26.5. The van der Waals surface area contributed by atoms with Crippen molar-refractivity contribution in [2.75, 3.05) is 6.54 Å². The monoisotopic (exact) mass is 648 g/mol. The average Bonchev–Trinajstić information content (AvgIpc) is 3.57. The first-order valence-corrected chi connectivity index (χ1v) is 16.8. The van der Waals surface area contributed by atoms with Gasteiger partial charge in [-0.1, -0.05) is 25.0 Å². The summed E-state index contributed by atoms with van der Waals surface area (Å²) in [6.07, 6.45) is 8.75. The van der Waals surface area contributed by atoms with Gasteiger partial charge in [-0.25, -0.2) is 14.2 Å². The van der Waals surface area contributed by atoms with E-state index >= 15 is 0 Å². The number of ether oxygens (including phenoxy) is 2. The number of allylic oxidation sites excluding steroid dienone is 1. The summed E-state index contributed by atoms with van der Waals surface area (Å²) in [5, 5.41) is 6.51. The van der Waals surface area contributed by atoms with Gasteiger partial charge in [0, 0.05) is 23.3 Å². The lowest BCUT2D eigenvalue weighted by molar-refractivity contribution is -0.141. The molecule has 4 heterocycles. The maximum atomic E-state index is 14.5. The number of rotatable bonds is 2. The summed E-state index contributed by atoms with van der Waals surface area (Å²) in [5.41, 5.74) is -0.517. The number of hydrogen-bond acceptors (Lipinski definition) is 7. The van der Waals surface area contributed by atoms with Crippen molar-refractivity contribution in [3.63, 3.8) is 0 Å². The number of halogens is 1. The molecule has 252 valence electrons. The van der Waals surface area contributed by atoms with E-state index in [4.69, 9.17) is 9.47 Å². The van der Waals surface area contributed by atoms with Crippen LogP contribution in [0.15, 0.2) is 30.4 Å². The number of nitrogens with zero attached hydrogens (tertiary/aromatic N) is 2. The molecule has 1 spiro atoms. The van der Waals surface area contributed by atoms with E-state index in [0.717, 1.165) is 24.8 Å². The maximum Gasteiger partial charge on any atom is 0.408 e. The van der Waals surface area contributed by atoms with Gasteiger partial charge in [-0.05, 0) is 91.3 Å². The number of aromatic nitrogens is 1. The van der Waals surface area contributed by atoms with Gasteiger partial charge in [-0.2, -0.15) is 0 Å². The topological polar surface area (TPSA) is 127 Å². The van der Waals surface area contributed by atoms with Gasteiger partial charge in [0.05, 0.1) is 17.8 Å². The number of Topliss-reactive ketones (excluding diaryl/α,β-unsaturated/α-hetero) is 1. The molecule has 1 aliphatic carbocycles. The van der Waals surface area contributed by atoms with Crippen LogP contribution < -0.4 is 15.4 Å². The van der Waals surface area contributed by atoms with Crippen molar-refractivity contribution < 1.29 is 33.0 Å². The van der Waals surface area contributed by atoms with Crippen molar-refractivity contribution >= 4 is 34.6 Å². The van der Waals surface area contributed by atoms with Gasteiger partial charge in [-0.3, -0.25) is 14.4 Å². The first kappa shape index (κ1) is 32.9. The number of pyridine rings is 1. The molecule has 1 aromatic heterocycles. The predicted octanol–water partition coefficient (Wildman–Crippen LogP) is 5.22. The summed E-state index contributed by atoms with van der Waals surface area (Å²) in [4.78, 5) is 60.7. The van der Waals surface area contributed by atoms with Crippen LogP contribution in [-0.2, 0) is 25.5 Å². The second-order valence-corrected chi connectivity index (χ2v) is 14.7. The van der Waals surface area contributed by atoms with Gasteiger partial charge in [0.2, 0.25) is 11.8 Å². The number of aryl methyl sites for hydroxylation is 2. The Hall–Kier alpha value is -4.02. The second kappa shape index (κ2) is 12.2. The van der Waals surface area contributed by atoms with Crippen molar-refractivity contribution in [2.24, 2.45) is 5.92 Å². The third-order valence-electron chi connectivity index (χ3n) is 10.0. The number of hydrogen-bond donors (Lipinski definition) is 2. The minimum absolute atomic E-state index is 0.101. The van der Waals surface area contributed by atoms with Crippen LogP contribution in [0.4, 0.5) is 9.18 Å². The van der Waals surface area contributed by atoms with Crippen LogP contribution in [0.25, 0.3) is 10.9 Å². The Morgan fingerprint density at radius 3 is 2.70 bits per heavy atom. The molecule has 1 aromatic carbocycles. The lowest BCUT2D eigenvalue weighted by atomic mass is 9.87. The number of alkyl carbamates (subject to hydrolysis) is 1. The number of carbonyl (C=O) groups excluding carboxylic acids is 4. The summed E-state index contributed by atoms with van der Waals surface area (Å²) in [5.74, 6) is -0.859. The molecular weight excluding hydrogens is 603 g/mol. The molecular formula is C36H45FN4O6. The molecule has 5 unspecified atom stereocenters. The molecule has 0 radical (unpaired) electrons. The van der Waals surface area contributed by atoms with E-state index in [1.165, 1.54) is 24.0 Å². The predicted molar refractivity (Wildman–Crippen MR) is 173 cm³/mol. The summed E-state index contributed by atoms with van der Waals surface area (Å²) >= 11 is 0. The van der Waals surface area contributed by atoms with Gasteiger partial charge < -0.3 is 25.0 Å². The highest BCUT2D eigenvalue weighted by molar-refractivity contribution is 5.98. The van der Waals surface area contributed by atoms with Gasteiger partial charge in [0.1, 0.15) is 40.4 Å². The minimum atomic E-state index is -1.00. The second-order valence-electron chi connectivity index (χ2n) is 14.7. The van der Waals surface area contributed by atoms with Crippen LogP contribution in [0.3, 0.4) is 0 Å². The highest BCUT2D eigenvalue weighted by Gasteiger charge is 2.60. The molecule has 5 atom stereocenters. The van der Waals surface area contributed by atoms with Gasteiger partial charge in [0.15, 0.2) is 5.78 Å². The number of fused-ring (bicyclic) bond motifs is 5. The Balaban J connectivity index is 1.35. The Labute approximate surface area is 274 Å². The molecule has 10 nitrogen and oxygen atoms in total. The fourth-order valence-electron chi connectivity index (χ4n) is 7.51. The zero-order valence-corrected chi connectivity index (χ0v) is 27.9. The van der Waals surface area contributed by atoms with Crippen LogP contribution in [-0.4, -0.2) is 68.9 Å². The minimum Gasteiger partial charge on any atom is -0.483 e. The third-order valence-corrected chi connectivity index (χ3v) is 10.0. The van der Waals surface area contributed by atoms with Crippen molar-refractivity contribution in [1.29, 1.82) is 0 Å². The van der Waals surface area contributed by atoms with Crippen LogP contribution in [0, 0.1) is 18.7 Å². The van der Waals surface area contributed by atoms with Crippen LogP contribution in [0.1, 0.15) is 90.3 Å². The molecule has 0 bridgehead atoms. The molecule has 47 heavy (non-hydrogen) atoms. The largest absolute Gasteiger partial charge is 0.483 e. The van der Waals surface area contributed by atoms with E-state index in [1.807, 2.05) is 13.0 Å². The van der Waals surface area contributed by atoms with E-state index in [0.29, 0.717) is 54.5 Å². The Bertz CT molecular complexity index is 1650. The molecule has 11 heteroatoms. The third kappa shape index (κ3) is 6.58. The Morgan fingerprint density at radius 2 is 1.96 bits per heavy atom. The normalized spacial score (nSPS) is 29.5. The zero-order chi connectivity index (χ0) is 33.7. The first-order chi connectivity index (χ1) is 22.2. The van der Waals surface area contributed by atoms with Gasteiger partial charge in [0.25, 0.3) is 0 Å². The summed E-state index contributed by atoms with van der Waals surface area (Å²) in [7, 11) is 0. The van der Waals surface area contributed by atoms with E-state index in [-0.39, 0.29) is 30.5 Å². The Morgan fingerprint density at radius 1 is 1.17 bits per heavy atom. The Kier molecular flexibility index (Phi) is 8.55. The first-order valence-electron chi connectivity index (χ1n) is 16.8. The summed E-state index contributed by atoms with van der Waals surface area (Å²) in [6.45, 7) is 8.70. The molecule has 1 saturated heterocycles. The van der Waals surface area contributed by atoms with E-state index in [2.05, 4.69) is 21.7 Å². The number of benzene rings is 1. The fourth-order valence-corrected chi connectivity index (χ4v) is 7.51. The van der Waals surface area contributed by atoms with Crippen molar-refractivity contribution in [2.45, 2.75) is 121 Å². The number of carbonyl (C=O) groups is 4. The molecule has 6 rings (SSSR count). The lowest BCUT2D eigenvalue weighted by Crippen LogP contribution is -2.56. The lowest BCUT2D eigenvalue weighted by Gasteiger charge is -2.36.